The Labute approximate surface area is 207 Å². The van der Waals surface area contributed by atoms with E-state index in [2.05, 4.69) is 20.1 Å². The number of piperazine rings is 1. The number of hydrogen-bond donors (Lipinski definition) is 1. The summed E-state index contributed by atoms with van der Waals surface area (Å²) in [5.74, 6) is -4.00. The Hall–Kier alpha value is -3.56. The summed E-state index contributed by atoms with van der Waals surface area (Å²) in [5, 5.41) is 4.26. The number of amides is 1. The zero-order valence-corrected chi connectivity index (χ0v) is 19.5. The quantitative estimate of drug-likeness (QED) is 0.495. The number of piperidine rings is 1. The van der Waals surface area contributed by atoms with E-state index in [9.17, 15) is 26.7 Å². The number of nitrogens with zero attached hydrogens (tertiary/aromatic N) is 8. The van der Waals surface area contributed by atoms with Crippen LogP contribution < -0.4 is 10.6 Å². The Morgan fingerprint density at radius 1 is 1.05 bits per heavy atom. The normalized spacial score (nSPS) is 20.1. The van der Waals surface area contributed by atoms with Crippen molar-refractivity contribution in [3.63, 3.8) is 0 Å². The van der Waals surface area contributed by atoms with E-state index in [1.54, 1.807) is 17.0 Å². The molecule has 2 aliphatic rings. The average Bonchev–Trinajstić information content (AvgIpc) is 3.53. The largest absolute Gasteiger partial charge is 0.461 e. The van der Waals surface area contributed by atoms with Gasteiger partial charge in [0.1, 0.15) is 6.04 Å². The van der Waals surface area contributed by atoms with Crippen LogP contribution in [0, 0.1) is 0 Å². The molecule has 2 aliphatic heterocycles. The molecule has 16 heteroatoms. The van der Waals surface area contributed by atoms with Crippen LogP contribution >= 0.6 is 0 Å². The second kappa shape index (κ2) is 9.39. The molecule has 200 valence electrons. The van der Waals surface area contributed by atoms with Crippen molar-refractivity contribution in [1.82, 2.24) is 34.4 Å². The fourth-order valence-electron chi connectivity index (χ4n) is 4.57. The summed E-state index contributed by atoms with van der Waals surface area (Å²) >= 11 is 0. The van der Waals surface area contributed by atoms with Gasteiger partial charge in [0.2, 0.25) is 23.6 Å². The second-order valence-corrected chi connectivity index (χ2v) is 9.01. The summed E-state index contributed by atoms with van der Waals surface area (Å²) in [6.45, 7) is -1.06. The third-order valence-electron chi connectivity index (χ3n) is 6.53. The summed E-state index contributed by atoms with van der Waals surface area (Å²) < 4.78 is 71.1. The molecule has 0 spiro atoms. The molecule has 0 saturated carbocycles. The number of nitrogens with two attached hydrogens (primary N) is 1. The Morgan fingerprint density at radius 3 is 2.49 bits per heavy atom. The first kappa shape index (κ1) is 25.1. The van der Waals surface area contributed by atoms with Crippen LogP contribution in [0.15, 0.2) is 22.8 Å². The Bertz CT molecular complexity index is 1260. The van der Waals surface area contributed by atoms with Crippen molar-refractivity contribution >= 4 is 23.6 Å². The highest BCUT2D eigenvalue weighted by atomic mass is 19.4. The Balaban J connectivity index is 1.31. The minimum atomic E-state index is -5.62. The topological polar surface area (TPSA) is 122 Å². The van der Waals surface area contributed by atoms with E-state index < -0.39 is 24.7 Å². The fourth-order valence-corrected chi connectivity index (χ4v) is 4.57. The molecule has 3 aromatic heterocycles. The molecular formula is C21H24F5N9O2. The number of anilines is 2. The number of carbonyl (C=O) groups excluding carboxylic acids is 1. The first-order valence-electron chi connectivity index (χ1n) is 11.7. The van der Waals surface area contributed by atoms with Gasteiger partial charge in [-0.1, -0.05) is 0 Å². The van der Waals surface area contributed by atoms with E-state index in [1.807, 2.05) is 0 Å². The summed E-state index contributed by atoms with van der Waals surface area (Å²) in [7, 11) is 0. The van der Waals surface area contributed by atoms with Gasteiger partial charge in [-0.2, -0.15) is 41.4 Å². The van der Waals surface area contributed by atoms with Gasteiger partial charge in [-0.3, -0.25) is 9.69 Å². The third kappa shape index (κ3) is 4.89. The minimum Gasteiger partial charge on any atom is -0.461 e. The van der Waals surface area contributed by atoms with Crippen molar-refractivity contribution in [2.24, 2.45) is 0 Å². The van der Waals surface area contributed by atoms with E-state index in [4.69, 9.17) is 10.2 Å². The zero-order valence-electron chi connectivity index (χ0n) is 19.5. The molecule has 37 heavy (non-hydrogen) atoms. The lowest BCUT2D eigenvalue weighted by Crippen LogP contribution is -2.58. The van der Waals surface area contributed by atoms with Gasteiger partial charge in [-0.15, -0.1) is 5.10 Å². The van der Waals surface area contributed by atoms with Gasteiger partial charge in [-0.25, -0.2) is 0 Å². The predicted molar refractivity (Wildman–Crippen MR) is 120 cm³/mol. The van der Waals surface area contributed by atoms with E-state index in [0.29, 0.717) is 18.7 Å². The predicted octanol–water partition coefficient (Wildman–Crippen LogP) is 2.06. The highest BCUT2D eigenvalue weighted by molar-refractivity contribution is 5.85. The lowest BCUT2D eigenvalue weighted by atomic mass is 10.0. The van der Waals surface area contributed by atoms with Gasteiger partial charge >= 0.3 is 12.1 Å². The van der Waals surface area contributed by atoms with Gasteiger partial charge in [0.05, 0.1) is 12.8 Å². The molecular weight excluding hydrogens is 505 g/mol. The first-order chi connectivity index (χ1) is 17.5. The molecule has 0 unspecified atom stereocenters. The van der Waals surface area contributed by atoms with Crippen molar-refractivity contribution in [1.29, 1.82) is 0 Å². The van der Waals surface area contributed by atoms with E-state index in [1.165, 1.54) is 15.7 Å². The number of alkyl halides is 5. The highest BCUT2D eigenvalue weighted by Crippen LogP contribution is 2.36. The van der Waals surface area contributed by atoms with Crippen molar-refractivity contribution in [2.45, 2.75) is 37.4 Å². The number of aromatic nitrogens is 5. The van der Waals surface area contributed by atoms with Gasteiger partial charge in [0, 0.05) is 32.7 Å². The number of carbonyl (C=O) groups is 1. The lowest BCUT2D eigenvalue weighted by molar-refractivity contribution is -0.287. The molecule has 0 radical (unpaired) electrons. The molecule has 1 amide bonds. The maximum atomic E-state index is 13.4. The molecule has 11 nitrogen and oxygen atoms in total. The number of furan rings is 1. The van der Waals surface area contributed by atoms with Crippen LogP contribution in [0.3, 0.4) is 0 Å². The molecule has 2 N–H and O–H groups in total. The standard InChI is InChI=1S/C21H24F5N9O2/c22-20(23,21(24,25)26)12-32-7-9-33(10-8-32)16(36)13-4-1-2-6-34(13)18-29-17(27)35-19(30-18)28-15(31-35)14-5-3-11-37-14/h3,5,11,13H,1-2,4,6-10,12H2,(H2,27,28,29,30,31)/t13-/m0/s1. The fraction of sp³-hybridized carbons (Fsp3) is 0.571. The van der Waals surface area contributed by atoms with Crippen LogP contribution in [0.5, 0.6) is 0 Å². The van der Waals surface area contributed by atoms with E-state index >= 15 is 0 Å². The smallest absolute Gasteiger partial charge is 0.454 e. The summed E-state index contributed by atoms with van der Waals surface area (Å²) in [6.07, 6.45) is -2.08. The minimum absolute atomic E-state index is 0.0151. The van der Waals surface area contributed by atoms with Crippen molar-refractivity contribution in [3.05, 3.63) is 18.4 Å². The molecule has 5 rings (SSSR count). The zero-order chi connectivity index (χ0) is 26.4. The molecule has 3 aromatic rings. The van der Waals surface area contributed by atoms with Crippen LogP contribution in [0.4, 0.5) is 33.8 Å². The molecule has 2 saturated heterocycles. The van der Waals surface area contributed by atoms with Crippen LogP contribution in [0.2, 0.25) is 0 Å². The molecule has 2 fully saturated rings. The maximum absolute atomic E-state index is 13.4. The summed E-state index contributed by atoms with van der Waals surface area (Å²) in [5.41, 5.74) is 6.10. The second-order valence-electron chi connectivity index (χ2n) is 9.01. The highest BCUT2D eigenvalue weighted by Gasteiger charge is 2.58. The van der Waals surface area contributed by atoms with E-state index in [0.717, 1.165) is 17.7 Å². The number of hydrogen-bond acceptors (Lipinski definition) is 9. The van der Waals surface area contributed by atoms with Gasteiger partial charge in [0.25, 0.3) is 5.78 Å². The number of fused-ring (bicyclic) bond motifs is 1. The van der Waals surface area contributed by atoms with Crippen molar-refractivity contribution in [2.75, 3.05) is 49.9 Å². The third-order valence-corrected chi connectivity index (χ3v) is 6.53. The van der Waals surface area contributed by atoms with Gasteiger partial charge in [-0.05, 0) is 31.4 Å². The molecule has 0 aliphatic carbocycles. The number of nitrogen functional groups attached to an aromatic ring is 1. The summed E-state index contributed by atoms with van der Waals surface area (Å²) in [4.78, 5) is 30.8. The van der Waals surface area contributed by atoms with Crippen LogP contribution in [0.1, 0.15) is 19.3 Å². The van der Waals surface area contributed by atoms with Crippen LogP contribution in [-0.4, -0.2) is 97.7 Å². The Kier molecular flexibility index (Phi) is 6.37. The maximum Gasteiger partial charge on any atom is 0.454 e. The molecule has 1 atom stereocenters. The average molecular weight is 529 g/mol. The van der Waals surface area contributed by atoms with Crippen molar-refractivity contribution in [3.8, 4) is 11.6 Å². The SMILES string of the molecule is Nc1nc(N2CCCC[C@H]2C(=O)N2CCN(CC(F)(F)C(F)(F)F)CC2)nc2nc(-c3ccco3)nn12. The monoisotopic (exact) mass is 529 g/mol. The number of halogens is 5. The first-order valence-corrected chi connectivity index (χ1v) is 11.7. The van der Waals surface area contributed by atoms with Gasteiger partial charge < -0.3 is 20.0 Å². The van der Waals surface area contributed by atoms with Crippen LogP contribution in [-0.2, 0) is 4.79 Å². The number of rotatable bonds is 5. The Morgan fingerprint density at radius 2 is 1.81 bits per heavy atom. The van der Waals surface area contributed by atoms with Crippen molar-refractivity contribution < 1.29 is 31.2 Å². The van der Waals surface area contributed by atoms with E-state index in [-0.39, 0.29) is 55.6 Å². The molecule has 5 heterocycles. The molecule has 0 aromatic carbocycles. The van der Waals surface area contributed by atoms with Crippen LogP contribution in [0.25, 0.3) is 17.4 Å². The lowest BCUT2D eigenvalue weighted by Gasteiger charge is -2.41. The van der Waals surface area contributed by atoms with Gasteiger partial charge in [0.15, 0.2) is 5.76 Å². The summed E-state index contributed by atoms with van der Waals surface area (Å²) in [6, 6.07) is 2.74. The molecule has 0 bridgehead atoms.